The van der Waals surface area contributed by atoms with Crippen molar-refractivity contribution in [1.29, 1.82) is 0 Å². The third-order valence-corrected chi connectivity index (χ3v) is 8.30. The van der Waals surface area contributed by atoms with Gasteiger partial charge in [0.15, 0.2) is 0 Å². The van der Waals surface area contributed by atoms with Crippen LogP contribution in [-0.4, -0.2) is 73.0 Å². The van der Waals surface area contributed by atoms with Crippen LogP contribution < -0.4 is 10.6 Å². The number of rotatable bonds is 8. The Labute approximate surface area is 199 Å². The average Bonchev–Trinajstić information content (AvgIpc) is 3.29. The standard InChI is InChI=1S/C27H42N4O2/c1-20(28-2)26(32)29-25(23-11-7-4-8-12-23)27(33)31-18-15-22-14-17-30(19-24(22)31)16-13-21-9-5-3-6-10-21/h3,5-6,9-10,20,22-25,28H,4,7-8,11-19H2,1-2H3,(H,29,32)/t20-,22?,24?,25?/m1/s1. The number of amides is 2. The number of hydrogen-bond donors (Lipinski definition) is 2. The molecule has 0 bridgehead atoms. The highest BCUT2D eigenvalue weighted by atomic mass is 16.2. The molecule has 2 saturated heterocycles. The van der Waals surface area contributed by atoms with Crippen LogP contribution in [-0.2, 0) is 16.0 Å². The van der Waals surface area contributed by atoms with Gasteiger partial charge in [0.1, 0.15) is 6.04 Å². The van der Waals surface area contributed by atoms with Gasteiger partial charge in [0.2, 0.25) is 11.8 Å². The number of hydrogen-bond acceptors (Lipinski definition) is 4. The number of piperidine rings is 1. The first-order valence-corrected chi connectivity index (χ1v) is 13.1. The molecule has 4 atom stereocenters. The maximum Gasteiger partial charge on any atom is 0.245 e. The minimum Gasteiger partial charge on any atom is -0.343 e. The number of nitrogens with zero attached hydrogens (tertiary/aromatic N) is 2. The first-order chi connectivity index (χ1) is 16.1. The molecule has 6 heteroatoms. The van der Waals surface area contributed by atoms with Gasteiger partial charge in [-0.2, -0.15) is 0 Å². The highest BCUT2D eigenvalue weighted by Gasteiger charge is 2.44. The van der Waals surface area contributed by atoms with Crippen molar-refractivity contribution < 1.29 is 9.59 Å². The topological polar surface area (TPSA) is 64.7 Å². The van der Waals surface area contributed by atoms with Crippen LogP contribution in [0.25, 0.3) is 0 Å². The molecule has 2 heterocycles. The first kappa shape index (κ1) is 24.2. The Morgan fingerprint density at radius 1 is 1.03 bits per heavy atom. The van der Waals surface area contributed by atoms with Crippen molar-refractivity contribution in [3.63, 3.8) is 0 Å². The highest BCUT2D eigenvalue weighted by Crippen LogP contribution is 2.34. The van der Waals surface area contributed by atoms with Crippen molar-refractivity contribution in [1.82, 2.24) is 20.4 Å². The van der Waals surface area contributed by atoms with E-state index in [1.807, 2.05) is 6.92 Å². The van der Waals surface area contributed by atoms with Crippen molar-refractivity contribution in [2.45, 2.75) is 76.4 Å². The van der Waals surface area contributed by atoms with Gasteiger partial charge in [0.25, 0.3) is 0 Å². The van der Waals surface area contributed by atoms with E-state index in [4.69, 9.17) is 0 Å². The number of benzene rings is 1. The van der Waals surface area contributed by atoms with E-state index in [2.05, 4.69) is 50.8 Å². The van der Waals surface area contributed by atoms with Gasteiger partial charge in [0, 0.05) is 25.7 Å². The lowest BCUT2D eigenvalue weighted by molar-refractivity contribution is -0.140. The van der Waals surface area contributed by atoms with Crippen LogP contribution in [0, 0.1) is 11.8 Å². The van der Waals surface area contributed by atoms with Gasteiger partial charge in [-0.15, -0.1) is 0 Å². The number of carbonyl (C=O) groups excluding carboxylic acids is 2. The summed E-state index contributed by atoms with van der Waals surface area (Å²) in [7, 11) is 1.79. The predicted molar refractivity (Wildman–Crippen MR) is 132 cm³/mol. The third-order valence-electron chi connectivity index (χ3n) is 8.30. The molecule has 0 radical (unpaired) electrons. The van der Waals surface area contributed by atoms with Gasteiger partial charge in [-0.3, -0.25) is 9.59 Å². The lowest BCUT2D eigenvalue weighted by Gasteiger charge is -2.41. The molecular formula is C27H42N4O2. The predicted octanol–water partition coefficient (Wildman–Crippen LogP) is 2.82. The highest BCUT2D eigenvalue weighted by molar-refractivity contribution is 5.90. The van der Waals surface area contributed by atoms with Crippen molar-refractivity contribution in [2.75, 3.05) is 33.2 Å². The summed E-state index contributed by atoms with van der Waals surface area (Å²) in [6.45, 7) is 5.81. The molecule has 3 fully saturated rings. The lowest BCUT2D eigenvalue weighted by Crippen LogP contribution is -2.58. The molecule has 3 aliphatic rings. The van der Waals surface area contributed by atoms with Gasteiger partial charge in [0.05, 0.1) is 6.04 Å². The number of likely N-dealkylation sites (N-methyl/N-ethyl adjacent to an activating group) is 1. The second kappa shape index (κ2) is 11.5. The minimum absolute atomic E-state index is 0.0645. The van der Waals surface area contributed by atoms with Gasteiger partial charge in [-0.05, 0) is 70.0 Å². The molecule has 1 saturated carbocycles. The Kier molecular flexibility index (Phi) is 8.42. The Morgan fingerprint density at radius 3 is 2.48 bits per heavy atom. The van der Waals surface area contributed by atoms with Crippen molar-refractivity contribution in [2.24, 2.45) is 11.8 Å². The van der Waals surface area contributed by atoms with Crippen LogP contribution in [0.2, 0.25) is 0 Å². The van der Waals surface area contributed by atoms with E-state index in [1.165, 1.54) is 18.4 Å². The van der Waals surface area contributed by atoms with Gasteiger partial charge in [-0.25, -0.2) is 0 Å². The number of likely N-dealkylation sites (tertiary alicyclic amines) is 2. The minimum atomic E-state index is -0.382. The van der Waals surface area contributed by atoms with Crippen molar-refractivity contribution in [3.05, 3.63) is 35.9 Å². The van der Waals surface area contributed by atoms with Gasteiger partial charge >= 0.3 is 0 Å². The first-order valence-electron chi connectivity index (χ1n) is 13.1. The van der Waals surface area contributed by atoms with Crippen LogP contribution in [0.15, 0.2) is 30.3 Å². The summed E-state index contributed by atoms with van der Waals surface area (Å²) in [5.74, 6) is 0.957. The molecule has 1 aliphatic carbocycles. The van der Waals surface area contributed by atoms with Crippen molar-refractivity contribution >= 4 is 11.8 Å². The summed E-state index contributed by atoms with van der Waals surface area (Å²) in [4.78, 5) is 31.3. The zero-order valence-electron chi connectivity index (χ0n) is 20.5. The Morgan fingerprint density at radius 2 is 1.76 bits per heavy atom. The molecule has 2 aliphatic heterocycles. The van der Waals surface area contributed by atoms with Crippen LogP contribution in [0.5, 0.6) is 0 Å². The molecule has 33 heavy (non-hydrogen) atoms. The summed E-state index contributed by atoms with van der Waals surface area (Å²) < 4.78 is 0. The Balaban J connectivity index is 1.42. The Hall–Kier alpha value is -1.92. The SMILES string of the molecule is CN[C@H](C)C(=O)NC(C(=O)N1CCC2CCN(CCc3ccccc3)CC21)C1CCCCC1. The molecule has 6 nitrogen and oxygen atoms in total. The summed E-state index contributed by atoms with van der Waals surface area (Å²) in [6, 6.07) is 10.3. The maximum absolute atomic E-state index is 13.9. The van der Waals surface area contributed by atoms with Gasteiger partial charge < -0.3 is 20.4 Å². The second-order valence-corrected chi connectivity index (χ2v) is 10.4. The normalized spacial score (nSPS) is 25.9. The van der Waals surface area contributed by atoms with Crippen molar-refractivity contribution in [3.8, 4) is 0 Å². The van der Waals surface area contributed by atoms with E-state index >= 15 is 0 Å². The molecule has 1 aromatic rings. The Bertz CT molecular complexity index is 780. The molecule has 0 spiro atoms. The fourth-order valence-electron chi connectivity index (χ4n) is 6.05. The fraction of sp³-hybridized carbons (Fsp3) is 0.704. The quantitative estimate of drug-likeness (QED) is 0.634. The monoisotopic (exact) mass is 454 g/mol. The lowest BCUT2D eigenvalue weighted by atomic mass is 9.83. The van der Waals surface area contributed by atoms with Crippen LogP contribution in [0.3, 0.4) is 0 Å². The number of nitrogens with one attached hydrogen (secondary N) is 2. The molecule has 2 amide bonds. The molecule has 0 aromatic heterocycles. The molecular weight excluding hydrogens is 412 g/mol. The average molecular weight is 455 g/mol. The van der Waals surface area contributed by atoms with Crippen LogP contribution in [0.1, 0.15) is 57.4 Å². The van der Waals surface area contributed by atoms with E-state index in [1.54, 1.807) is 7.05 Å². The summed E-state index contributed by atoms with van der Waals surface area (Å²) in [5, 5.41) is 6.18. The number of fused-ring (bicyclic) bond motifs is 1. The molecule has 1 aromatic carbocycles. The third kappa shape index (κ3) is 5.96. The second-order valence-electron chi connectivity index (χ2n) is 10.4. The van der Waals surface area contributed by atoms with Crippen LogP contribution >= 0.6 is 0 Å². The van der Waals surface area contributed by atoms with E-state index in [9.17, 15) is 9.59 Å². The zero-order chi connectivity index (χ0) is 23.2. The molecule has 4 rings (SSSR count). The molecule has 182 valence electrons. The fourth-order valence-corrected chi connectivity index (χ4v) is 6.05. The van der Waals surface area contributed by atoms with E-state index < -0.39 is 0 Å². The smallest absolute Gasteiger partial charge is 0.245 e. The molecule has 3 unspecified atom stereocenters. The maximum atomic E-state index is 13.9. The van der Waals surface area contributed by atoms with Crippen LogP contribution in [0.4, 0.5) is 0 Å². The summed E-state index contributed by atoms with van der Waals surface area (Å²) in [6.07, 6.45) is 8.95. The summed E-state index contributed by atoms with van der Waals surface area (Å²) >= 11 is 0. The summed E-state index contributed by atoms with van der Waals surface area (Å²) in [5.41, 5.74) is 1.37. The largest absolute Gasteiger partial charge is 0.343 e. The van der Waals surface area contributed by atoms with E-state index in [0.717, 1.165) is 64.7 Å². The zero-order valence-corrected chi connectivity index (χ0v) is 20.5. The molecule has 2 N–H and O–H groups in total. The number of carbonyl (C=O) groups is 2. The van der Waals surface area contributed by atoms with E-state index in [-0.39, 0.29) is 35.9 Å². The van der Waals surface area contributed by atoms with E-state index in [0.29, 0.717) is 5.92 Å². The van der Waals surface area contributed by atoms with Gasteiger partial charge in [-0.1, -0.05) is 49.6 Å².